The number of furan rings is 1. The first-order valence-corrected chi connectivity index (χ1v) is 6.02. The molecule has 2 amide bonds. The Kier molecular flexibility index (Phi) is 4.45. The molecule has 21 heavy (non-hydrogen) atoms. The fourth-order valence-electron chi connectivity index (χ4n) is 1.47. The molecule has 0 aliphatic rings. The van der Waals surface area contributed by atoms with Crippen LogP contribution < -0.4 is 10.7 Å². The first-order valence-electron chi connectivity index (χ1n) is 6.02. The minimum Gasteiger partial charge on any atom is -0.463 e. The third kappa shape index (κ3) is 3.75. The second-order valence-electron chi connectivity index (χ2n) is 4.05. The van der Waals surface area contributed by atoms with Crippen LogP contribution >= 0.6 is 0 Å². The number of carbonyl (C=O) groups is 2. The SMILES string of the molecule is C/C(=N\NC(=O)C(=O)Nc1ccccc1F)c1ccco1. The maximum Gasteiger partial charge on any atom is 0.329 e. The van der Waals surface area contributed by atoms with Crippen LogP contribution in [0.3, 0.4) is 0 Å². The fourth-order valence-corrected chi connectivity index (χ4v) is 1.47. The minimum absolute atomic E-state index is 0.0793. The van der Waals surface area contributed by atoms with Gasteiger partial charge >= 0.3 is 11.8 Å². The van der Waals surface area contributed by atoms with Crippen molar-refractivity contribution >= 4 is 23.2 Å². The van der Waals surface area contributed by atoms with E-state index in [2.05, 4.69) is 15.8 Å². The molecular weight excluding hydrogens is 277 g/mol. The molecule has 0 radical (unpaired) electrons. The quantitative estimate of drug-likeness (QED) is 0.514. The summed E-state index contributed by atoms with van der Waals surface area (Å²) < 4.78 is 18.4. The van der Waals surface area contributed by atoms with Gasteiger partial charge in [-0.05, 0) is 31.2 Å². The Morgan fingerprint density at radius 3 is 2.57 bits per heavy atom. The average molecular weight is 289 g/mol. The molecule has 0 saturated carbocycles. The summed E-state index contributed by atoms with van der Waals surface area (Å²) in [5.74, 6) is -2.20. The summed E-state index contributed by atoms with van der Waals surface area (Å²) in [5.41, 5.74) is 2.38. The Hall–Kier alpha value is -2.96. The molecule has 0 saturated heterocycles. The first kappa shape index (κ1) is 14.4. The number of carbonyl (C=O) groups excluding carboxylic acids is 2. The summed E-state index contributed by atoms with van der Waals surface area (Å²) in [6, 6.07) is 8.86. The highest BCUT2D eigenvalue weighted by atomic mass is 19.1. The molecule has 0 aliphatic carbocycles. The lowest BCUT2D eigenvalue weighted by Gasteiger charge is -2.05. The summed E-state index contributed by atoms with van der Waals surface area (Å²) in [5, 5.41) is 5.87. The van der Waals surface area contributed by atoms with Gasteiger partial charge in [0, 0.05) is 0 Å². The Labute approximate surface area is 119 Å². The largest absolute Gasteiger partial charge is 0.463 e. The lowest BCUT2D eigenvalue weighted by atomic mass is 10.3. The van der Waals surface area contributed by atoms with Gasteiger partial charge in [-0.25, -0.2) is 9.82 Å². The number of para-hydroxylation sites is 1. The summed E-state index contributed by atoms with van der Waals surface area (Å²) in [6.07, 6.45) is 1.46. The average Bonchev–Trinajstić information content (AvgIpc) is 3.01. The first-order chi connectivity index (χ1) is 10.1. The highest BCUT2D eigenvalue weighted by Crippen LogP contribution is 2.11. The summed E-state index contributed by atoms with van der Waals surface area (Å²) in [6.45, 7) is 1.61. The van der Waals surface area contributed by atoms with Crippen LogP contribution in [0.25, 0.3) is 0 Å². The van der Waals surface area contributed by atoms with Crippen molar-refractivity contribution in [3.63, 3.8) is 0 Å². The number of nitrogens with zero attached hydrogens (tertiary/aromatic N) is 1. The van der Waals surface area contributed by atoms with Gasteiger partial charge in [-0.2, -0.15) is 5.10 Å². The normalized spacial score (nSPS) is 11.0. The van der Waals surface area contributed by atoms with Crippen molar-refractivity contribution in [2.75, 3.05) is 5.32 Å². The topological polar surface area (TPSA) is 83.7 Å². The molecule has 0 spiro atoms. The Morgan fingerprint density at radius 1 is 1.14 bits per heavy atom. The van der Waals surface area contributed by atoms with E-state index in [0.29, 0.717) is 11.5 Å². The lowest BCUT2D eigenvalue weighted by Crippen LogP contribution is -2.33. The maximum atomic E-state index is 13.3. The third-order valence-corrected chi connectivity index (χ3v) is 2.53. The minimum atomic E-state index is -1.02. The molecular formula is C14H12FN3O3. The molecule has 1 heterocycles. The van der Waals surface area contributed by atoms with E-state index >= 15 is 0 Å². The number of nitrogens with one attached hydrogen (secondary N) is 2. The van der Waals surface area contributed by atoms with Crippen molar-refractivity contribution in [2.45, 2.75) is 6.92 Å². The number of rotatable bonds is 3. The van der Waals surface area contributed by atoms with Gasteiger partial charge in [0.05, 0.1) is 12.0 Å². The van der Waals surface area contributed by atoms with E-state index < -0.39 is 17.6 Å². The second-order valence-corrected chi connectivity index (χ2v) is 4.05. The van der Waals surface area contributed by atoms with Crippen LogP contribution in [0, 0.1) is 5.82 Å². The molecule has 1 aromatic carbocycles. The maximum absolute atomic E-state index is 13.3. The highest BCUT2D eigenvalue weighted by Gasteiger charge is 2.15. The molecule has 0 unspecified atom stereocenters. The predicted molar refractivity (Wildman–Crippen MR) is 74.1 cm³/mol. The van der Waals surface area contributed by atoms with Gasteiger partial charge in [0.2, 0.25) is 0 Å². The van der Waals surface area contributed by atoms with Gasteiger partial charge in [-0.1, -0.05) is 12.1 Å². The molecule has 1 aromatic heterocycles. The van der Waals surface area contributed by atoms with E-state index in [0.717, 1.165) is 0 Å². The number of hydrogen-bond acceptors (Lipinski definition) is 4. The molecule has 0 aliphatic heterocycles. The molecule has 108 valence electrons. The molecule has 2 rings (SSSR count). The van der Waals surface area contributed by atoms with Crippen LogP contribution in [-0.4, -0.2) is 17.5 Å². The zero-order chi connectivity index (χ0) is 15.2. The van der Waals surface area contributed by atoms with Crippen LogP contribution in [0.15, 0.2) is 52.2 Å². The standard InChI is InChI=1S/C14H12FN3O3/c1-9(12-7-4-8-21-12)17-18-14(20)13(19)16-11-6-3-2-5-10(11)15/h2-8H,1H3,(H,16,19)(H,18,20)/b17-9+. The van der Waals surface area contributed by atoms with Crippen LogP contribution in [-0.2, 0) is 9.59 Å². The Morgan fingerprint density at radius 2 is 1.90 bits per heavy atom. The fraction of sp³-hybridized carbons (Fsp3) is 0.0714. The van der Waals surface area contributed by atoms with Crippen molar-refractivity contribution in [1.82, 2.24) is 5.43 Å². The predicted octanol–water partition coefficient (Wildman–Crippen LogP) is 1.90. The third-order valence-electron chi connectivity index (χ3n) is 2.53. The molecule has 0 fully saturated rings. The van der Waals surface area contributed by atoms with E-state index in [1.165, 1.54) is 30.5 Å². The highest BCUT2D eigenvalue weighted by molar-refractivity contribution is 6.39. The van der Waals surface area contributed by atoms with E-state index in [1.54, 1.807) is 19.1 Å². The van der Waals surface area contributed by atoms with Crippen LogP contribution in [0.1, 0.15) is 12.7 Å². The zero-order valence-corrected chi connectivity index (χ0v) is 11.1. The van der Waals surface area contributed by atoms with Crippen molar-refractivity contribution < 1.29 is 18.4 Å². The van der Waals surface area contributed by atoms with Gasteiger partial charge in [-0.15, -0.1) is 0 Å². The van der Waals surface area contributed by atoms with Crippen LogP contribution in [0.4, 0.5) is 10.1 Å². The number of hydrazone groups is 1. The molecule has 0 bridgehead atoms. The molecule has 2 aromatic rings. The van der Waals surface area contributed by atoms with Gasteiger partial charge in [0.25, 0.3) is 0 Å². The van der Waals surface area contributed by atoms with E-state index in [1.807, 2.05) is 0 Å². The summed E-state index contributed by atoms with van der Waals surface area (Å²) >= 11 is 0. The smallest absolute Gasteiger partial charge is 0.329 e. The van der Waals surface area contributed by atoms with Gasteiger partial charge in [-0.3, -0.25) is 9.59 Å². The monoisotopic (exact) mass is 289 g/mol. The molecule has 0 atom stereocenters. The van der Waals surface area contributed by atoms with Gasteiger partial charge in [0.1, 0.15) is 17.3 Å². The Balaban J connectivity index is 1.96. The number of anilines is 1. The second kappa shape index (κ2) is 6.47. The number of hydrogen-bond donors (Lipinski definition) is 2. The Bertz CT molecular complexity index is 681. The lowest BCUT2D eigenvalue weighted by molar-refractivity contribution is -0.136. The zero-order valence-electron chi connectivity index (χ0n) is 11.1. The number of halogens is 1. The van der Waals surface area contributed by atoms with Crippen molar-refractivity contribution in [3.8, 4) is 0 Å². The van der Waals surface area contributed by atoms with Gasteiger partial charge in [0.15, 0.2) is 0 Å². The van der Waals surface area contributed by atoms with Crippen LogP contribution in [0.2, 0.25) is 0 Å². The van der Waals surface area contributed by atoms with E-state index in [4.69, 9.17) is 4.42 Å². The molecule has 7 heteroatoms. The number of amides is 2. The van der Waals surface area contributed by atoms with Crippen molar-refractivity contribution in [3.05, 3.63) is 54.2 Å². The van der Waals surface area contributed by atoms with Crippen molar-refractivity contribution in [1.29, 1.82) is 0 Å². The summed E-state index contributed by atoms with van der Waals surface area (Å²) in [7, 11) is 0. The summed E-state index contributed by atoms with van der Waals surface area (Å²) in [4.78, 5) is 23.1. The van der Waals surface area contributed by atoms with Crippen LogP contribution in [0.5, 0.6) is 0 Å². The molecule has 2 N–H and O–H groups in total. The number of benzene rings is 1. The molecule has 6 nitrogen and oxygen atoms in total. The van der Waals surface area contributed by atoms with E-state index in [-0.39, 0.29) is 5.69 Å². The van der Waals surface area contributed by atoms with Crippen molar-refractivity contribution in [2.24, 2.45) is 5.10 Å². The van der Waals surface area contributed by atoms with E-state index in [9.17, 15) is 14.0 Å². The van der Waals surface area contributed by atoms with Gasteiger partial charge < -0.3 is 9.73 Å².